The number of hydrogen-bond donors (Lipinski definition) is 2. The fourth-order valence-corrected chi connectivity index (χ4v) is 4.18. The van der Waals surface area contributed by atoms with Crippen molar-refractivity contribution in [3.8, 4) is 0 Å². The number of hydrogen-bond acceptors (Lipinski definition) is 4. The Hall–Kier alpha value is -3.58. The molecule has 2 amide bonds. The van der Waals surface area contributed by atoms with Crippen molar-refractivity contribution in [2.75, 3.05) is 0 Å². The van der Waals surface area contributed by atoms with Crippen LogP contribution in [0.15, 0.2) is 72.9 Å². The lowest BCUT2D eigenvalue weighted by Crippen LogP contribution is -2.53. The lowest BCUT2D eigenvalue weighted by molar-refractivity contribution is -0.142. The predicted molar refractivity (Wildman–Crippen MR) is 123 cm³/mol. The highest BCUT2D eigenvalue weighted by Crippen LogP contribution is 2.25. The number of amides is 2. The van der Waals surface area contributed by atoms with Gasteiger partial charge in [0.1, 0.15) is 11.9 Å². The van der Waals surface area contributed by atoms with Gasteiger partial charge in [-0.15, -0.1) is 0 Å². The van der Waals surface area contributed by atoms with Crippen molar-refractivity contribution in [3.63, 3.8) is 0 Å². The molecule has 170 valence electrons. The summed E-state index contributed by atoms with van der Waals surface area (Å²) >= 11 is 0. The maximum absolute atomic E-state index is 14.0. The van der Waals surface area contributed by atoms with Crippen LogP contribution in [0.5, 0.6) is 0 Å². The molecule has 0 spiro atoms. The molecule has 33 heavy (non-hydrogen) atoms. The van der Waals surface area contributed by atoms with Crippen molar-refractivity contribution in [2.24, 2.45) is 5.73 Å². The number of rotatable bonds is 7. The molecule has 1 aliphatic rings. The molecule has 4 rings (SSSR count). The maximum atomic E-state index is 14.0. The number of carbonyl (C=O) groups excluding carboxylic acids is 2. The smallest absolute Gasteiger partial charge is 0.243 e. The Kier molecular flexibility index (Phi) is 7.10. The summed E-state index contributed by atoms with van der Waals surface area (Å²) < 4.78 is 14.0. The van der Waals surface area contributed by atoms with E-state index in [1.165, 1.54) is 6.07 Å². The second-order valence-electron chi connectivity index (χ2n) is 8.31. The Balaban J connectivity index is 1.47. The first kappa shape index (κ1) is 22.6. The summed E-state index contributed by atoms with van der Waals surface area (Å²) in [5.74, 6) is -0.781. The normalized spacial score (nSPS) is 16.1. The van der Waals surface area contributed by atoms with Crippen molar-refractivity contribution in [3.05, 3.63) is 101 Å². The standard InChI is InChI=1S/C26H27FN4O2/c27-23-11-4-3-8-19(23)13-21(28)15-25(32)31-17-20-9-2-1-7-18(20)14-24(31)26(33)30-16-22-10-5-6-12-29-22/h1-12,21,24H,13-17,28H2,(H,30,33)/t21-,24+/m1/s1. The van der Waals surface area contributed by atoms with Gasteiger partial charge in [-0.3, -0.25) is 14.6 Å². The van der Waals surface area contributed by atoms with Crippen LogP contribution in [-0.4, -0.2) is 33.8 Å². The average molecular weight is 447 g/mol. The molecular weight excluding hydrogens is 419 g/mol. The average Bonchev–Trinajstić information content (AvgIpc) is 2.83. The summed E-state index contributed by atoms with van der Waals surface area (Å²) in [4.78, 5) is 32.2. The van der Waals surface area contributed by atoms with Gasteiger partial charge in [0.15, 0.2) is 0 Å². The minimum Gasteiger partial charge on any atom is -0.349 e. The highest BCUT2D eigenvalue weighted by molar-refractivity contribution is 5.88. The second-order valence-corrected chi connectivity index (χ2v) is 8.31. The summed E-state index contributed by atoms with van der Waals surface area (Å²) in [6.45, 7) is 0.621. The zero-order chi connectivity index (χ0) is 23.2. The van der Waals surface area contributed by atoms with Crippen LogP contribution in [0, 0.1) is 5.82 Å². The van der Waals surface area contributed by atoms with E-state index in [2.05, 4.69) is 10.3 Å². The topological polar surface area (TPSA) is 88.3 Å². The third-order valence-electron chi connectivity index (χ3n) is 5.92. The number of halogens is 1. The van der Waals surface area contributed by atoms with Gasteiger partial charge in [0, 0.05) is 31.6 Å². The van der Waals surface area contributed by atoms with Crippen molar-refractivity contribution in [1.29, 1.82) is 0 Å². The van der Waals surface area contributed by atoms with E-state index in [0.717, 1.165) is 16.8 Å². The van der Waals surface area contributed by atoms with Gasteiger partial charge < -0.3 is 16.0 Å². The van der Waals surface area contributed by atoms with Crippen LogP contribution in [0.4, 0.5) is 4.39 Å². The largest absolute Gasteiger partial charge is 0.349 e. The molecule has 1 aliphatic heterocycles. The molecule has 3 N–H and O–H groups in total. The van der Waals surface area contributed by atoms with E-state index in [0.29, 0.717) is 18.5 Å². The lowest BCUT2D eigenvalue weighted by atomic mass is 9.92. The third-order valence-corrected chi connectivity index (χ3v) is 5.92. The Morgan fingerprint density at radius 2 is 1.79 bits per heavy atom. The van der Waals surface area contributed by atoms with E-state index in [-0.39, 0.29) is 37.0 Å². The highest BCUT2D eigenvalue weighted by atomic mass is 19.1. The van der Waals surface area contributed by atoms with Crippen molar-refractivity contribution in [2.45, 2.75) is 44.4 Å². The molecule has 0 saturated heterocycles. The maximum Gasteiger partial charge on any atom is 0.243 e. The molecule has 0 radical (unpaired) electrons. The summed E-state index contributed by atoms with van der Waals surface area (Å²) in [5.41, 5.74) is 9.50. The Morgan fingerprint density at radius 1 is 1.06 bits per heavy atom. The van der Waals surface area contributed by atoms with Gasteiger partial charge in [0.2, 0.25) is 11.8 Å². The Labute approximate surface area is 192 Å². The molecular formula is C26H27FN4O2. The first-order chi connectivity index (χ1) is 16.0. The van der Waals surface area contributed by atoms with E-state index >= 15 is 0 Å². The summed E-state index contributed by atoms with van der Waals surface area (Å²) in [5, 5.41) is 2.91. The number of nitrogens with two attached hydrogens (primary N) is 1. The third kappa shape index (κ3) is 5.62. The van der Waals surface area contributed by atoms with Crippen LogP contribution < -0.4 is 11.1 Å². The molecule has 1 aromatic heterocycles. The summed E-state index contributed by atoms with van der Waals surface area (Å²) in [7, 11) is 0. The number of fused-ring (bicyclic) bond motifs is 1. The van der Waals surface area contributed by atoms with Gasteiger partial charge in [-0.2, -0.15) is 0 Å². The van der Waals surface area contributed by atoms with Crippen molar-refractivity contribution in [1.82, 2.24) is 15.2 Å². The van der Waals surface area contributed by atoms with Crippen molar-refractivity contribution >= 4 is 11.8 Å². The molecule has 7 heteroatoms. The molecule has 2 atom stereocenters. The number of carbonyl (C=O) groups is 2. The first-order valence-corrected chi connectivity index (χ1v) is 11.0. The van der Waals surface area contributed by atoms with Crippen LogP contribution >= 0.6 is 0 Å². The van der Waals surface area contributed by atoms with Gasteiger partial charge in [0.05, 0.1) is 12.2 Å². The van der Waals surface area contributed by atoms with E-state index in [1.54, 1.807) is 29.3 Å². The Morgan fingerprint density at radius 3 is 2.55 bits per heavy atom. The van der Waals surface area contributed by atoms with E-state index in [4.69, 9.17) is 5.73 Å². The minimum absolute atomic E-state index is 0.0283. The van der Waals surface area contributed by atoms with E-state index in [1.807, 2.05) is 42.5 Å². The molecule has 2 aromatic carbocycles. The fraction of sp³-hybridized carbons (Fsp3) is 0.269. The van der Waals surface area contributed by atoms with E-state index < -0.39 is 12.1 Å². The zero-order valence-corrected chi connectivity index (χ0v) is 18.3. The van der Waals surface area contributed by atoms with E-state index in [9.17, 15) is 14.0 Å². The van der Waals surface area contributed by atoms with Gasteiger partial charge in [-0.1, -0.05) is 48.5 Å². The number of aromatic nitrogens is 1. The van der Waals surface area contributed by atoms with Crippen molar-refractivity contribution < 1.29 is 14.0 Å². The zero-order valence-electron chi connectivity index (χ0n) is 18.3. The van der Waals surface area contributed by atoms with Crippen LogP contribution in [0.2, 0.25) is 0 Å². The lowest BCUT2D eigenvalue weighted by Gasteiger charge is -2.36. The number of benzene rings is 2. The molecule has 3 aromatic rings. The van der Waals surface area contributed by atoms with Gasteiger partial charge in [-0.25, -0.2) is 4.39 Å². The van der Waals surface area contributed by atoms with Crippen LogP contribution in [0.3, 0.4) is 0 Å². The molecule has 0 fully saturated rings. The highest BCUT2D eigenvalue weighted by Gasteiger charge is 2.34. The molecule has 0 saturated carbocycles. The SMILES string of the molecule is N[C@@H](CC(=O)N1Cc2ccccc2C[C@H]1C(=O)NCc1ccccn1)Cc1ccccc1F. The predicted octanol–water partition coefficient (Wildman–Crippen LogP) is 2.75. The quantitative estimate of drug-likeness (QED) is 0.584. The number of pyridine rings is 1. The van der Waals surface area contributed by atoms with Gasteiger partial charge in [0.25, 0.3) is 0 Å². The molecule has 0 bridgehead atoms. The summed E-state index contributed by atoms with van der Waals surface area (Å²) in [6, 6.07) is 18.5. The number of nitrogens with one attached hydrogen (secondary N) is 1. The molecule has 0 unspecified atom stereocenters. The molecule has 2 heterocycles. The summed E-state index contributed by atoms with van der Waals surface area (Å²) in [6.07, 6.45) is 2.38. The van der Waals surface area contributed by atoms with Crippen LogP contribution in [-0.2, 0) is 35.5 Å². The Bertz CT molecular complexity index is 1120. The minimum atomic E-state index is -0.642. The van der Waals surface area contributed by atoms with Crippen LogP contribution in [0.1, 0.15) is 28.8 Å². The first-order valence-electron chi connectivity index (χ1n) is 11.0. The van der Waals surface area contributed by atoms with Gasteiger partial charge >= 0.3 is 0 Å². The monoisotopic (exact) mass is 446 g/mol. The molecule has 0 aliphatic carbocycles. The van der Waals surface area contributed by atoms with Crippen LogP contribution in [0.25, 0.3) is 0 Å². The fourth-order valence-electron chi connectivity index (χ4n) is 4.18. The number of nitrogens with zero attached hydrogens (tertiary/aromatic N) is 2. The van der Waals surface area contributed by atoms with Gasteiger partial charge in [-0.05, 0) is 41.3 Å². The molecule has 6 nitrogen and oxygen atoms in total. The second kappa shape index (κ2) is 10.4.